The van der Waals surface area contributed by atoms with Crippen molar-refractivity contribution in [1.82, 2.24) is 10.1 Å². The lowest BCUT2D eigenvalue weighted by Crippen LogP contribution is -2.37. The molecule has 1 saturated carbocycles. The first-order valence-electron chi connectivity index (χ1n) is 9.30. The summed E-state index contributed by atoms with van der Waals surface area (Å²) in [5.41, 5.74) is 9.50. The Balaban J connectivity index is 1.51. The average molecular weight is 358 g/mol. The molecule has 2 aliphatic rings. The molecule has 2 aromatic carbocycles. The van der Waals surface area contributed by atoms with Gasteiger partial charge in [0.25, 0.3) is 5.89 Å². The molecule has 0 spiro atoms. The van der Waals surface area contributed by atoms with E-state index in [4.69, 9.17) is 10.3 Å². The van der Waals surface area contributed by atoms with Gasteiger partial charge in [0.1, 0.15) is 0 Å². The van der Waals surface area contributed by atoms with Gasteiger partial charge in [0.05, 0.1) is 5.41 Å². The fourth-order valence-electron chi connectivity index (χ4n) is 4.45. The molecule has 3 aromatic rings. The number of aromatic nitrogens is 2. The monoisotopic (exact) mass is 358 g/mol. The van der Waals surface area contributed by atoms with Crippen molar-refractivity contribution in [2.45, 2.75) is 25.7 Å². The van der Waals surface area contributed by atoms with Crippen LogP contribution in [0.15, 0.2) is 53.1 Å². The Labute approximate surface area is 157 Å². The number of benzene rings is 2. The molecule has 0 aliphatic heterocycles. The van der Waals surface area contributed by atoms with E-state index in [-0.39, 0.29) is 5.91 Å². The predicted molar refractivity (Wildman–Crippen MR) is 101 cm³/mol. The van der Waals surface area contributed by atoms with Crippen molar-refractivity contribution in [3.63, 3.8) is 0 Å². The van der Waals surface area contributed by atoms with Crippen LogP contribution in [0, 0.1) is 17.8 Å². The van der Waals surface area contributed by atoms with Gasteiger partial charge in [-0.3, -0.25) is 4.79 Å². The summed E-state index contributed by atoms with van der Waals surface area (Å²) in [4.78, 5) is 16.7. The number of primary amides is 1. The first-order chi connectivity index (χ1) is 13.1. The van der Waals surface area contributed by atoms with Crippen molar-refractivity contribution in [3.8, 4) is 22.8 Å². The second-order valence-electron chi connectivity index (χ2n) is 7.64. The molecular formula is C22H20N3O2. The normalized spacial score (nSPS) is 23.6. The van der Waals surface area contributed by atoms with Crippen molar-refractivity contribution in [3.05, 3.63) is 66.1 Å². The van der Waals surface area contributed by atoms with Crippen LogP contribution in [0.2, 0.25) is 0 Å². The van der Waals surface area contributed by atoms with E-state index in [2.05, 4.69) is 28.7 Å². The van der Waals surface area contributed by atoms with Crippen molar-refractivity contribution in [2.24, 2.45) is 17.1 Å². The number of hydrogen-bond acceptors (Lipinski definition) is 4. The van der Waals surface area contributed by atoms with E-state index in [0.29, 0.717) is 24.1 Å². The van der Waals surface area contributed by atoms with Crippen LogP contribution in [0.3, 0.4) is 0 Å². The zero-order valence-electron chi connectivity index (χ0n) is 14.9. The van der Waals surface area contributed by atoms with Gasteiger partial charge in [0.15, 0.2) is 0 Å². The predicted octanol–water partition coefficient (Wildman–Crippen LogP) is 3.59. The van der Waals surface area contributed by atoms with Crippen molar-refractivity contribution in [2.75, 3.05) is 0 Å². The van der Waals surface area contributed by atoms with Gasteiger partial charge in [-0.15, -0.1) is 0 Å². The summed E-state index contributed by atoms with van der Waals surface area (Å²) in [6.07, 6.45) is 5.70. The summed E-state index contributed by atoms with van der Waals surface area (Å²) in [5.74, 6) is 1.28. The molecule has 5 heteroatoms. The minimum atomic E-state index is -0.513. The van der Waals surface area contributed by atoms with Crippen LogP contribution >= 0.6 is 0 Å². The molecule has 5 rings (SSSR count). The second-order valence-corrected chi connectivity index (χ2v) is 7.64. The Morgan fingerprint density at radius 1 is 1.11 bits per heavy atom. The minimum absolute atomic E-state index is 0.214. The summed E-state index contributed by atoms with van der Waals surface area (Å²) >= 11 is 0. The highest BCUT2D eigenvalue weighted by Crippen LogP contribution is 2.48. The van der Waals surface area contributed by atoms with Gasteiger partial charge < -0.3 is 10.3 Å². The largest absolute Gasteiger partial charge is 0.369 e. The highest BCUT2D eigenvalue weighted by atomic mass is 16.5. The summed E-state index contributed by atoms with van der Waals surface area (Å²) in [5, 5.41) is 4.15. The van der Waals surface area contributed by atoms with E-state index >= 15 is 0 Å². The van der Waals surface area contributed by atoms with Gasteiger partial charge in [-0.1, -0.05) is 35.5 Å². The fraction of sp³-hybridized carbons (Fsp3) is 0.273. The van der Waals surface area contributed by atoms with Crippen LogP contribution in [-0.2, 0) is 17.6 Å². The molecule has 1 radical (unpaired) electrons. The quantitative estimate of drug-likeness (QED) is 0.776. The molecule has 1 fully saturated rings. The molecule has 27 heavy (non-hydrogen) atoms. The topological polar surface area (TPSA) is 82.0 Å². The lowest BCUT2D eigenvalue weighted by molar-refractivity contribution is -0.125. The van der Waals surface area contributed by atoms with Gasteiger partial charge in [-0.2, -0.15) is 4.98 Å². The van der Waals surface area contributed by atoms with Gasteiger partial charge >= 0.3 is 0 Å². The van der Waals surface area contributed by atoms with Gasteiger partial charge in [0.2, 0.25) is 11.7 Å². The maximum absolute atomic E-state index is 12.2. The number of nitrogens with zero attached hydrogens (tertiary/aromatic N) is 2. The molecule has 2 atom stereocenters. The number of rotatable bonds is 3. The molecule has 2 N–H and O–H groups in total. The standard InChI is InChI=1S/C22H20N3O2/c23-21(26)22-9-8-14(12-22)10-16-6-7-17(11-18(16)13-22)19-24-20(27-25-19)15-4-2-1-3-5-15/h1-7,11-12,14H,8-10,13H2,(H2,23,26). The van der Waals surface area contributed by atoms with E-state index in [0.717, 1.165) is 36.0 Å². The number of carbonyl (C=O) groups excluding carboxylic acids is 1. The van der Waals surface area contributed by atoms with Crippen LogP contribution in [0.25, 0.3) is 22.8 Å². The van der Waals surface area contributed by atoms with Gasteiger partial charge in [-0.05, 0) is 67.3 Å². The lowest BCUT2D eigenvalue weighted by Gasteiger charge is -2.25. The van der Waals surface area contributed by atoms with E-state index in [1.54, 1.807) is 0 Å². The lowest BCUT2D eigenvalue weighted by atomic mass is 9.79. The zero-order valence-corrected chi connectivity index (χ0v) is 14.9. The fourth-order valence-corrected chi connectivity index (χ4v) is 4.45. The second kappa shape index (κ2) is 6.05. The maximum atomic E-state index is 12.2. The Bertz CT molecular complexity index is 1010. The van der Waals surface area contributed by atoms with Crippen molar-refractivity contribution >= 4 is 5.91 Å². The summed E-state index contributed by atoms with van der Waals surface area (Å²) < 4.78 is 5.44. The average Bonchev–Trinajstić information content (AvgIpc) is 3.28. The smallest absolute Gasteiger partial charge is 0.258 e. The van der Waals surface area contributed by atoms with E-state index in [1.165, 1.54) is 5.56 Å². The number of amides is 1. The molecule has 1 aromatic heterocycles. The van der Waals surface area contributed by atoms with E-state index in [9.17, 15) is 4.79 Å². The van der Waals surface area contributed by atoms with E-state index in [1.807, 2.05) is 36.4 Å². The summed E-state index contributed by atoms with van der Waals surface area (Å²) in [6, 6.07) is 16.0. The SMILES string of the molecule is NC(=O)C12[CH]C(CC1)Cc1ccc(-c3noc(-c4ccccc4)n3)cc1C2. The van der Waals surface area contributed by atoms with Crippen molar-refractivity contribution < 1.29 is 9.32 Å². The molecule has 2 unspecified atom stereocenters. The Morgan fingerprint density at radius 3 is 2.78 bits per heavy atom. The van der Waals surface area contributed by atoms with Crippen LogP contribution in [0.1, 0.15) is 24.0 Å². The number of carbonyl (C=O) groups is 1. The maximum Gasteiger partial charge on any atom is 0.258 e. The van der Waals surface area contributed by atoms with Crippen LogP contribution in [0.4, 0.5) is 0 Å². The summed E-state index contributed by atoms with van der Waals surface area (Å²) in [7, 11) is 0. The molecule has 1 heterocycles. The number of nitrogens with two attached hydrogens (primary N) is 1. The minimum Gasteiger partial charge on any atom is -0.369 e. The third-order valence-electron chi connectivity index (χ3n) is 5.91. The zero-order chi connectivity index (χ0) is 18.4. The number of hydrogen-bond donors (Lipinski definition) is 1. The molecule has 135 valence electrons. The third-order valence-corrected chi connectivity index (χ3v) is 5.91. The summed E-state index contributed by atoms with van der Waals surface area (Å²) in [6.45, 7) is 0. The molecule has 0 saturated heterocycles. The third kappa shape index (κ3) is 2.74. The van der Waals surface area contributed by atoms with Crippen LogP contribution in [-0.4, -0.2) is 16.0 Å². The Kier molecular flexibility index (Phi) is 3.64. The number of fused-ring (bicyclic) bond motifs is 3. The first-order valence-corrected chi connectivity index (χ1v) is 9.30. The van der Waals surface area contributed by atoms with Crippen molar-refractivity contribution in [1.29, 1.82) is 0 Å². The molecule has 2 bridgehead atoms. The Hall–Kier alpha value is -2.95. The Morgan fingerprint density at radius 2 is 1.96 bits per heavy atom. The van der Waals surface area contributed by atoms with Crippen LogP contribution < -0.4 is 5.73 Å². The molecule has 5 nitrogen and oxygen atoms in total. The van der Waals surface area contributed by atoms with Gasteiger partial charge in [0, 0.05) is 11.1 Å². The highest BCUT2D eigenvalue weighted by molar-refractivity contribution is 5.83. The molecule has 1 amide bonds. The molecule has 2 aliphatic carbocycles. The molecular weight excluding hydrogens is 338 g/mol. The highest BCUT2D eigenvalue weighted by Gasteiger charge is 2.46. The first kappa shape index (κ1) is 16.2. The van der Waals surface area contributed by atoms with Crippen LogP contribution in [0.5, 0.6) is 0 Å². The van der Waals surface area contributed by atoms with E-state index < -0.39 is 5.41 Å². The van der Waals surface area contributed by atoms with Gasteiger partial charge in [-0.25, -0.2) is 0 Å².